The van der Waals surface area contributed by atoms with Gasteiger partial charge >= 0.3 is 12.0 Å². The molecule has 9 heteroatoms. The van der Waals surface area contributed by atoms with Crippen molar-refractivity contribution in [3.8, 4) is 12.3 Å². The average Bonchev–Trinajstić information content (AvgIpc) is 2.34. The van der Waals surface area contributed by atoms with E-state index >= 15 is 0 Å². The van der Waals surface area contributed by atoms with Gasteiger partial charge in [-0.15, -0.1) is 11.4 Å². The molecule has 2 atom stereocenters. The molecule has 0 rings (SSSR count). The van der Waals surface area contributed by atoms with Crippen molar-refractivity contribution in [1.82, 2.24) is 0 Å². The minimum Gasteiger partial charge on any atom is -0.417 e. The smallest absolute Gasteiger partial charge is 0.417 e. The molecule has 0 aromatic rings. The van der Waals surface area contributed by atoms with Gasteiger partial charge in [0, 0.05) is 19.4 Å². The lowest BCUT2D eigenvalue weighted by Crippen LogP contribution is -2.44. The lowest BCUT2D eigenvalue weighted by Gasteiger charge is -2.29. The number of hydrogen-bond donors (Lipinski definition) is 1. The number of terminal acetylenes is 1. The molecule has 21 heavy (non-hydrogen) atoms. The third-order valence-electron chi connectivity index (χ3n) is 2.99. The second-order valence-corrected chi connectivity index (χ2v) is 9.89. The van der Waals surface area contributed by atoms with Crippen molar-refractivity contribution in [2.24, 2.45) is 0 Å². The second kappa shape index (κ2) is 7.04. The molecule has 0 spiro atoms. The molecule has 0 fully saturated rings. The van der Waals surface area contributed by atoms with Gasteiger partial charge in [-0.2, -0.15) is 17.6 Å². The number of hydrogen-bond acceptors (Lipinski definition) is 3. The molecule has 0 saturated carbocycles. The van der Waals surface area contributed by atoms with Gasteiger partial charge in [0.05, 0.1) is 0 Å². The van der Waals surface area contributed by atoms with E-state index in [-0.39, 0.29) is 19.1 Å². The zero-order chi connectivity index (χ0) is 16.9. The van der Waals surface area contributed by atoms with Crippen molar-refractivity contribution in [3.05, 3.63) is 0 Å². The fourth-order valence-corrected chi connectivity index (χ4v) is 3.08. The Bertz CT molecular complexity index is 378. The molecule has 0 bridgehead atoms. The van der Waals surface area contributed by atoms with Gasteiger partial charge in [-0.3, -0.25) is 0 Å². The number of alkyl halides is 4. The van der Waals surface area contributed by atoms with E-state index in [0.29, 0.717) is 0 Å². The van der Waals surface area contributed by atoms with Crippen LogP contribution in [0, 0.1) is 12.3 Å². The van der Waals surface area contributed by atoms with E-state index in [4.69, 9.17) is 10.8 Å². The Balaban J connectivity index is 4.46. The number of aliphatic hydroxyl groups is 1. The summed E-state index contributed by atoms with van der Waals surface area (Å²) in [5, 5.41) is 9.54. The summed E-state index contributed by atoms with van der Waals surface area (Å²) in [4.78, 5) is 2.48. The molecule has 0 aromatic carbocycles. The first-order chi connectivity index (χ1) is 9.29. The van der Waals surface area contributed by atoms with Crippen LogP contribution in [-0.2, 0) is 9.37 Å². The fourth-order valence-electron chi connectivity index (χ4n) is 1.36. The largest absolute Gasteiger partial charge is 0.451 e. The highest BCUT2D eigenvalue weighted by atomic mass is 28.4. The Kier molecular flexibility index (Phi) is 6.81. The predicted molar refractivity (Wildman–Crippen MR) is 69.0 cm³/mol. The minimum absolute atomic E-state index is 0.0121. The van der Waals surface area contributed by atoms with Crippen molar-refractivity contribution in [2.45, 2.75) is 56.5 Å². The zero-order valence-corrected chi connectivity index (χ0v) is 13.1. The fraction of sp³-hybridized carbons (Fsp3) is 0.833. The quantitative estimate of drug-likeness (QED) is 0.419. The maximum absolute atomic E-state index is 13.3. The highest BCUT2D eigenvalue weighted by molar-refractivity contribution is 6.71. The topological polar surface area (TPSA) is 38.7 Å². The molecule has 0 aliphatic rings. The number of rotatable bonds is 8. The van der Waals surface area contributed by atoms with Crippen LogP contribution in [0.15, 0.2) is 0 Å². The minimum atomic E-state index is -5.46. The van der Waals surface area contributed by atoms with Crippen LogP contribution in [0.3, 0.4) is 0 Å². The molecule has 0 heterocycles. The molecule has 0 aliphatic heterocycles. The Hall–Kier alpha value is -0.693. The summed E-state index contributed by atoms with van der Waals surface area (Å²) in [5.74, 6) is -2.20. The standard InChI is InChI=1S/C12H19F5O3Si/c1-5-10(2,18)6-8-19-21(3,4)9-7-11(13,20-17)12(14,15)16/h1,18H,6-9H2,2-4H3. The summed E-state index contributed by atoms with van der Waals surface area (Å²) >= 11 is 0. The summed E-state index contributed by atoms with van der Waals surface area (Å²) in [5.41, 5.74) is -1.39. The molecular formula is C12H19F5O3Si. The van der Waals surface area contributed by atoms with Gasteiger partial charge in [0.25, 0.3) is 0 Å². The summed E-state index contributed by atoms with van der Waals surface area (Å²) < 4.78 is 67.5. The Morgan fingerprint density at radius 2 is 1.71 bits per heavy atom. The lowest BCUT2D eigenvalue weighted by atomic mass is 10.1. The zero-order valence-electron chi connectivity index (χ0n) is 12.1. The van der Waals surface area contributed by atoms with Gasteiger partial charge in [-0.25, -0.2) is 0 Å². The van der Waals surface area contributed by atoms with Crippen LogP contribution in [0.4, 0.5) is 22.1 Å². The van der Waals surface area contributed by atoms with Gasteiger partial charge in [0.15, 0.2) is 8.32 Å². The van der Waals surface area contributed by atoms with Crippen molar-refractivity contribution in [3.63, 3.8) is 0 Å². The molecule has 0 radical (unpaired) electrons. The predicted octanol–water partition coefficient (Wildman–Crippen LogP) is 3.50. The number of halogens is 5. The van der Waals surface area contributed by atoms with Crippen LogP contribution >= 0.6 is 0 Å². The first kappa shape index (κ1) is 20.3. The molecule has 0 saturated heterocycles. The first-order valence-corrected chi connectivity index (χ1v) is 9.30. The van der Waals surface area contributed by atoms with Gasteiger partial charge in [-0.1, -0.05) is 5.92 Å². The maximum atomic E-state index is 13.3. The van der Waals surface area contributed by atoms with Crippen molar-refractivity contribution in [1.29, 1.82) is 0 Å². The van der Waals surface area contributed by atoms with E-state index in [1.807, 2.05) is 0 Å². The highest BCUT2D eigenvalue weighted by Crippen LogP contribution is 2.40. The highest BCUT2D eigenvalue weighted by Gasteiger charge is 2.59. The van der Waals surface area contributed by atoms with Crippen LogP contribution in [0.25, 0.3) is 0 Å². The molecular weight excluding hydrogens is 315 g/mol. The van der Waals surface area contributed by atoms with Crippen LogP contribution in [0.5, 0.6) is 0 Å². The van der Waals surface area contributed by atoms with Crippen molar-refractivity contribution >= 4 is 8.32 Å². The van der Waals surface area contributed by atoms with E-state index in [2.05, 4.69) is 10.9 Å². The molecule has 124 valence electrons. The van der Waals surface area contributed by atoms with Crippen molar-refractivity contribution < 1.29 is 36.6 Å². The Labute approximate surface area is 121 Å². The first-order valence-electron chi connectivity index (χ1n) is 6.18. The van der Waals surface area contributed by atoms with E-state index in [1.165, 1.54) is 6.92 Å². The van der Waals surface area contributed by atoms with E-state index in [1.54, 1.807) is 13.1 Å². The van der Waals surface area contributed by atoms with Crippen LogP contribution in [0.1, 0.15) is 19.8 Å². The molecule has 0 aliphatic carbocycles. The Morgan fingerprint density at radius 1 is 1.19 bits per heavy atom. The normalized spacial score (nSPS) is 18.7. The average molecular weight is 334 g/mol. The molecule has 2 unspecified atom stereocenters. The summed E-state index contributed by atoms with van der Waals surface area (Å²) in [6.45, 7) is 4.50. The van der Waals surface area contributed by atoms with Crippen LogP contribution in [0.2, 0.25) is 19.1 Å². The third-order valence-corrected chi connectivity index (χ3v) is 5.43. The summed E-state index contributed by atoms with van der Waals surface area (Å²) in [7, 11) is -2.69. The van der Waals surface area contributed by atoms with Crippen LogP contribution < -0.4 is 0 Å². The molecule has 0 aromatic heterocycles. The van der Waals surface area contributed by atoms with Crippen molar-refractivity contribution in [2.75, 3.05) is 6.61 Å². The Morgan fingerprint density at radius 3 is 2.10 bits per heavy atom. The van der Waals surface area contributed by atoms with Gasteiger partial charge < -0.3 is 9.53 Å². The maximum Gasteiger partial charge on any atom is 0.451 e. The van der Waals surface area contributed by atoms with Gasteiger partial charge in [0.2, 0.25) is 0 Å². The van der Waals surface area contributed by atoms with E-state index < -0.39 is 32.4 Å². The third kappa shape index (κ3) is 6.73. The SMILES string of the molecule is C#CC(C)(O)CCO[Si](C)(C)CCC(F)(OF)C(F)(F)F. The van der Waals surface area contributed by atoms with Gasteiger partial charge in [0.1, 0.15) is 5.60 Å². The second-order valence-electron chi connectivity index (χ2n) is 5.58. The van der Waals surface area contributed by atoms with E-state index in [0.717, 1.165) is 0 Å². The summed E-state index contributed by atoms with van der Waals surface area (Å²) in [6.07, 6.45) is -1.51. The lowest BCUT2D eigenvalue weighted by molar-refractivity contribution is -0.402. The molecule has 3 nitrogen and oxygen atoms in total. The molecule has 1 N–H and O–H groups in total. The monoisotopic (exact) mass is 334 g/mol. The van der Waals surface area contributed by atoms with Gasteiger partial charge in [-0.05, 0) is 30.6 Å². The van der Waals surface area contributed by atoms with E-state index in [9.17, 15) is 27.2 Å². The summed E-state index contributed by atoms with van der Waals surface area (Å²) in [6, 6.07) is -0.314. The van der Waals surface area contributed by atoms with Crippen LogP contribution in [-0.4, -0.2) is 37.7 Å². The molecule has 0 amide bonds.